The molecule has 1 N–H and O–H groups in total. The van der Waals surface area contributed by atoms with Gasteiger partial charge in [0.2, 0.25) is 0 Å². The number of hydrogen-bond acceptors (Lipinski definition) is 5. The molecular formula is C14H15N3OS2. The highest BCUT2D eigenvalue weighted by atomic mass is 32.2. The fourth-order valence-corrected chi connectivity index (χ4v) is 3.51. The molecule has 4 nitrogen and oxygen atoms in total. The van der Waals surface area contributed by atoms with Gasteiger partial charge in [-0.1, -0.05) is 13.0 Å². The highest BCUT2D eigenvalue weighted by molar-refractivity contribution is 8.04. The molecule has 104 valence electrons. The van der Waals surface area contributed by atoms with Crippen LogP contribution in [0.5, 0.6) is 0 Å². The van der Waals surface area contributed by atoms with E-state index in [4.69, 9.17) is 0 Å². The Hall–Kier alpha value is -1.58. The number of aliphatic imine (C=N–C) groups is 1. The molecule has 0 spiro atoms. The molecule has 0 fully saturated rings. The van der Waals surface area contributed by atoms with E-state index in [2.05, 4.69) is 16.4 Å². The van der Waals surface area contributed by atoms with Crippen LogP contribution in [0.2, 0.25) is 0 Å². The van der Waals surface area contributed by atoms with Gasteiger partial charge in [-0.2, -0.15) is 5.26 Å². The molecule has 0 aromatic carbocycles. The summed E-state index contributed by atoms with van der Waals surface area (Å²) in [4.78, 5) is 18.2. The van der Waals surface area contributed by atoms with Gasteiger partial charge in [0, 0.05) is 16.3 Å². The minimum atomic E-state index is -0.597. The number of nitriles is 1. The summed E-state index contributed by atoms with van der Waals surface area (Å²) in [7, 11) is 0. The van der Waals surface area contributed by atoms with E-state index in [0.29, 0.717) is 11.3 Å². The molecule has 1 atom stereocenters. The largest absolute Gasteiger partial charge is 0.331 e. The monoisotopic (exact) mass is 305 g/mol. The van der Waals surface area contributed by atoms with Gasteiger partial charge in [0.1, 0.15) is 0 Å². The molecule has 0 radical (unpaired) electrons. The molecule has 1 aliphatic rings. The minimum Gasteiger partial charge on any atom is -0.331 e. The van der Waals surface area contributed by atoms with E-state index in [1.165, 1.54) is 23.1 Å². The zero-order valence-electron chi connectivity index (χ0n) is 11.3. The zero-order valence-corrected chi connectivity index (χ0v) is 13.0. The normalized spacial score (nSPS) is 16.4. The number of allylic oxidation sites excluding steroid dienone is 1. The average molecular weight is 305 g/mol. The molecule has 0 aliphatic carbocycles. The Morgan fingerprint density at radius 2 is 2.45 bits per heavy atom. The van der Waals surface area contributed by atoms with E-state index in [0.717, 1.165) is 22.0 Å². The number of amides is 1. The molecule has 1 aliphatic heterocycles. The van der Waals surface area contributed by atoms with Gasteiger partial charge in [-0.05, 0) is 24.8 Å². The van der Waals surface area contributed by atoms with Crippen molar-refractivity contribution in [1.82, 2.24) is 5.32 Å². The number of carbonyl (C=O) groups is 1. The molecule has 1 aromatic heterocycles. The van der Waals surface area contributed by atoms with Crippen LogP contribution in [0.1, 0.15) is 31.2 Å². The number of nitrogens with one attached hydrogen (secondary N) is 1. The molecular weight excluding hydrogens is 290 g/mol. The quantitative estimate of drug-likeness (QED) is 0.928. The zero-order chi connectivity index (χ0) is 14.5. The summed E-state index contributed by atoms with van der Waals surface area (Å²) in [5.41, 5.74) is 1.83. The molecule has 0 saturated heterocycles. The van der Waals surface area contributed by atoms with Gasteiger partial charge in [-0.3, -0.25) is 9.79 Å². The van der Waals surface area contributed by atoms with Crippen LogP contribution in [-0.4, -0.2) is 17.4 Å². The second-order valence-corrected chi connectivity index (χ2v) is 6.28. The number of thioether (sulfide) groups is 1. The summed E-state index contributed by atoms with van der Waals surface area (Å²) in [5, 5.41) is 13.9. The molecule has 1 aromatic rings. The highest BCUT2D eigenvalue weighted by Crippen LogP contribution is 2.29. The third kappa shape index (κ3) is 3.30. The Bertz CT molecular complexity index is 596. The number of hydrogen-bond donors (Lipinski definition) is 1. The Morgan fingerprint density at radius 3 is 3.05 bits per heavy atom. The lowest BCUT2D eigenvalue weighted by Crippen LogP contribution is -2.29. The van der Waals surface area contributed by atoms with Crippen molar-refractivity contribution in [2.75, 3.05) is 5.75 Å². The molecule has 0 bridgehead atoms. The lowest BCUT2D eigenvalue weighted by atomic mass is 10.2. The Balaban J connectivity index is 2.17. The topological polar surface area (TPSA) is 65.2 Å². The molecule has 1 unspecified atom stereocenters. The predicted octanol–water partition coefficient (Wildman–Crippen LogP) is 3.26. The van der Waals surface area contributed by atoms with E-state index in [1.807, 2.05) is 31.4 Å². The van der Waals surface area contributed by atoms with E-state index in [1.54, 1.807) is 0 Å². The van der Waals surface area contributed by atoms with Crippen LogP contribution in [0.15, 0.2) is 33.1 Å². The smallest absolute Gasteiger partial charge is 0.260 e. The maximum absolute atomic E-state index is 12.3. The van der Waals surface area contributed by atoms with Gasteiger partial charge in [0.15, 0.2) is 6.04 Å². The van der Waals surface area contributed by atoms with Gasteiger partial charge >= 0.3 is 0 Å². The fraction of sp³-hybridized carbons (Fsp3) is 0.357. The lowest BCUT2D eigenvalue weighted by Gasteiger charge is -2.17. The van der Waals surface area contributed by atoms with Crippen molar-refractivity contribution in [3.8, 4) is 6.07 Å². The van der Waals surface area contributed by atoms with E-state index in [9.17, 15) is 10.1 Å². The van der Waals surface area contributed by atoms with Gasteiger partial charge in [-0.15, -0.1) is 23.1 Å². The van der Waals surface area contributed by atoms with Crippen LogP contribution in [0, 0.1) is 11.3 Å². The van der Waals surface area contributed by atoms with Crippen molar-refractivity contribution < 1.29 is 4.79 Å². The first-order chi connectivity index (χ1) is 9.65. The highest BCUT2D eigenvalue weighted by Gasteiger charge is 2.22. The van der Waals surface area contributed by atoms with E-state index in [-0.39, 0.29) is 5.91 Å². The van der Waals surface area contributed by atoms with Crippen LogP contribution < -0.4 is 5.32 Å². The lowest BCUT2D eigenvalue weighted by molar-refractivity contribution is -0.117. The molecule has 1 amide bonds. The number of nitrogens with zero attached hydrogens (tertiary/aromatic N) is 2. The fourth-order valence-electron chi connectivity index (χ4n) is 1.83. The summed E-state index contributed by atoms with van der Waals surface area (Å²) in [5.74, 6) is 0.519. The number of carbonyl (C=O) groups excluding carboxylic acids is 1. The second-order valence-electron chi connectivity index (χ2n) is 4.32. The maximum atomic E-state index is 12.3. The summed E-state index contributed by atoms with van der Waals surface area (Å²) in [6.07, 6.45) is 0.712. The standard InChI is InChI=1S/C14H15N3OS2/c1-3-10-13(20-8-9(2)16-10)14(18)17-11(7-15)12-5-4-6-19-12/h4-6,11H,3,8H2,1-2H3,(H,17,18). The van der Waals surface area contributed by atoms with Crippen LogP contribution in [0.4, 0.5) is 0 Å². The van der Waals surface area contributed by atoms with E-state index >= 15 is 0 Å². The second kappa shape index (κ2) is 6.73. The van der Waals surface area contributed by atoms with Gasteiger partial charge in [0.05, 0.1) is 16.7 Å². The molecule has 20 heavy (non-hydrogen) atoms. The summed E-state index contributed by atoms with van der Waals surface area (Å²) >= 11 is 2.96. The Kier molecular flexibility index (Phi) is 4.99. The number of rotatable bonds is 4. The maximum Gasteiger partial charge on any atom is 0.260 e. The first-order valence-corrected chi connectivity index (χ1v) is 8.16. The van der Waals surface area contributed by atoms with Crippen molar-refractivity contribution in [3.63, 3.8) is 0 Å². The molecule has 6 heteroatoms. The third-order valence-electron chi connectivity index (χ3n) is 2.79. The van der Waals surface area contributed by atoms with Crippen LogP contribution in [0.25, 0.3) is 0 Å². The van der Waals surface area contributed by atoms with Crippen LogP contribution >= 0.6 is 23.1 Å². The summed E-state index contributed by atoms with van der Waals surface area (Å²) in [6.45, 7) is 3.94. The van der Waals surface area contributed by atoms with Crippen molar-refractivity contribution in [3.05, 3.63) is 33.0 Å². The van der Waals surface area contributed by atoms with Gasteiger partial charge in [-0.25, -0.2) is 0 Å². The van der Waals surface area contributed by atoms with Crippen LogP contribution in [0.3, 0.4) is 0 Å². The molecule has 0 saturated carbocycles. The summed E-state index contributed by atoms with van der Waals surface area (Å²) < 4.78 is 0. The Labute approximate surface area is 126 Å². The Morgan fingerprint density at radius 1 is 1.65 bits per heavy atom. The van der Waals surface area contributed by atoms with Crippen molar-refractivity contribution >= 4 is 34.7 Å². The van der Waals surface area contributed by atoms with Crippen molar-refractivity contribution in [1.29, 1.82) is 5.26 Å². The number of thiophene rings is 1. The third-order valence-corrected chi connectivity index (χ3v) is 5.00. The van der Waals surface area contributed by atoms with Crippen molar-refractivity contribution in [2.45, 2.75) is 26.3 Å². The van der Waals surface area contributed by atoms with Crippen LogP contribution in [-0.2, 0) is 4.79 Å². The van der Waals surface area contributed by atoms with E-state index < -0.39 is 6.04 Å². The minimum absolute atomic E-state index is 0.206. The average Bonchev–Trinajstić information content (AvgIpc) is 2.98. The predicted molar refractivity (Wildman–Crippen MR) is 83.7 cm³/mol. The SMILES string of the molecule is CCC1=C(C(=O)NC(C#N)c2cccs2)SCC(C)=N1. The first kappa shape index (κ1) is 14.8. The van der Waals surface area contributed by atoms with Gasteiger partial charge < -0.3 is 5.32 Å². The summed E-state index contributed by atoms with van der Waals surface area (Å²) in [6, 6.07) is 5.25. The van der Waals surface area contributed by atoms with Gasteiger partial charge in [0.25, 0.3) is 5.91 Å². The molecule has 2 heterocycles. The molecule has 2 rings (SSSR count). The first-order valence-electron chi connectivity index (χ1n) is 6.29. The van der Waals surface area contributed by atoms with Crippen molar-refractivity contribution in [2.24, 2.45) is 4.99 Å².